The van der Waals surface area contributed by atoms with Crippen LogP contribution in [0.25, 0.3) is 0 Å². The first kappa shape index (κ1) is 13.9. The van der Waals surface area contributed by atoms with Crippen LogP contribution in [-0.4, -0.2) is 35.7 Å². The highest BCUT2D eigenvalue weighted by Crippen LogP contribution is 2.26. The summed E-state index contributed by atoms with van der Waals surface area (Å²) in [7, 11) is 0. The number of benzene rings is 1. The monoisotopic (exact) mass is 262 g/mol. The quantitative estimate of drug-likeness (QED) is 0.860. The molecule has 4 heteroatoms. The van der Waals surface area contributed by atoms with Gasteiger partial charge in [0, 0.05) is 12.2 Å². The fourth-order valence-corrected chi connectivity index (χ4v) is 2.25. The fourth-order valence-electron chi connectivity index (χ4n) is 2.25. The van der Waals surface area contributed by atoms with Crippen LogP contribution < -0.4 is 10.2 Å². The number of rotatable bonds is 4. The van der Waals surface area contributed by atoms with Crippen molar-refractivity contribution in [1.29, 1.82) is 0 Å². The van der Waals surface area contributed by atoms with E-state index in [0.29, 0.717) is 6.54 Å². The van der Waals surface area contributed by atoms with Gasteiger partial charge in [-0.25, -0.2) is 0 Å². The zero-order valence-corrected chi connectivity index (χ0v) is 11.8. The molecule has 0 radical (unpaired) electrons. The van der Waals surface area contributed by atoms with Crippen molar-refractivity contribution in [2.24, 2.45) is 0 Å². The molecule has 1 aliphatic heterocycles. The fraction of sp³-hybridized carbons (Fsp3) is 0.533. The minimum Gasteiger partial charge on any atom is -0.391 e. The number of nitrogens with zero attached hydrogens (tertiary/aromatic N) is 1. The smallest absolute Gasteiger partial charge is 0.240 e. The van der Waals surface area contributed by atoms with E-state index < -0.39 is 11.6 Å². The van der Waals surface area contributed by atoms with Crippen LogP contribution in [0.15, 0.2) is 24.3 Å². The number of hydrogen-bond donors (Lipinski definition) is 2. The first-order valence-corrected chi connectivity index (χ1v) is 6.72. The average Bonchev–Trinajstić information content (AvgIpc) is 2.72. The van der Waals surface area contributed by atoms with E-state index in [2.05, 4.69) is 22.3 Å². The Bertz CT molecular complexity index is 469. The number of para-hydroxylation sites is 1. The third kappa shape index (κ3) is 3.07. The maximum Gasteiger partial charge on any atom is 0.240 e. The number of anilines is 1. The van der Waals surface area contributed by atoms with Crippen molar-refractivity contribution in [2.75, 3.05) is 18.0 Å². The first-order chi connectivity index (χ1) is 8.90. The summed E-state index contributed by atoms with van der Waals surface area (Å²) in [5, 5.41) is 12.5. The molecule has 0 bridgehead atoms. The number of carbonyl (C=O) groups is 1. The Labute approximate surface area is 114 Å². The predicted molar refractivity (Wildman–Crippen MR) is 76.3 cm³/mol. The molecule has 1 aromatic carbocycles. The third-order valence-corrected chi connectivity index (χ3v) is 3.82. The number of hydrogen-bond acceptors (Lipinski definition) is 3. The van der Waals surface area contributed by atoms with Crippen LogP contribution in [0.3, 0.4) is 0 Å². The van der Waals surface area contributed by atoms with Crippen molar-refractivity contribution in [3.8, 4) is 0 Å². The molecule has 0 saturated heterocycles. The van der Waals surface area contributed by atoms with Crippen LogP contribution in [0.5, 0.6) is 0 Å². The van der Waals surface area contributed by atoms with E-state index in [4.69, 9.17) is 0 Å². The second-order valence-corrected chi connectivity index (χ2v) is 5.75. The Morgan fingerprint density at radius 1 is 1.47 bits per heavy atom. The van der Waals surface area contributed by atoms with Gasteiger partial charge in [-0.15, -0.1) is 0 Å². The molecule has 2 rings (SSSR count). The molecule has 1 aliphatic rings. The average molecular weight is 262 g/mol. The SMILES string of the molecule is CC(O)C(C)(C)NC(=O)CN1CCc2ccccc21. The Morgan fingerprint density at radius 2 is 2.16 bits per heavy atom. The van der Waals surface area contributed by atoms with Crippen molar-refractivity contribution >= 4 is 11.6 Å². The van der Waals surface area contributed by atoms with E-state index >= 15 is 0 Å². The molecule has 1 unspecified atom stereocenters. The topological polar surface area (TPSA) is 52.6 Å². The molecule has 1 heterocycles. The lowest BCUT2D eigenvalue weighted by atomic mass is 9.99. The number of carbonyl (C=O) groups excluding carboxylic acids is 1. The predicted octanol–water partition coefficient (Wildman–Crippen LogP) is 1.32. The molecule has 2 N–H and O–H groups in total. The highest BCUT2D eigenvalue weighted by molar-refractivity contribution is 5.83. The molecule has 0 saturated carbocycles. The van der Waals surface area contributed by atoms with Gasteiger partial charge >= 0.3 is 0 Å². The van der Waals surface area contributed by atoms with Gasteiger partial charge in [-0.2, -0.15) is 0 Å². The summed E-state index contributed by atoms with van der Waals surface area (Å²) in [6.45, 7) is 6.56. The number of amides is 1. The molecule has 0 fully saturated rings. The lowest BCUT2D eigenvalue weighted by Crippen LogP contribution is -2.53. The molecule has 1 amide bonds. The second-order valence-electron chi connectivity index (χ2n) is 5.75. The van der Waals surface area contributed by atoms with Crippen molar-refractivity contribution in [2.45, 2.75) is 38.8 Å². The maximum atomic E-state index is 12.1. The van der Waals surface area contributed by atoms with Crippen molar-refractivity contribution in [1.82, 2.24) is 5.32 Å². The molecule has 0 aliphatic carbocycles. The number of fused-ring (bicyclic) bond motifs is 1. The van der Waals surface area contributed by atoms with E-state index in [1.165, 1.54) is 5.56 Å². The summed E-state index contributed by atoms with van der Waals surface area (Å²) in [5.41, 5.74) is 1.84. The Kier molecular flexibility index (Phi) is 3.80. The highest BCUT2D eigenvalue weighted by Gasteiger charge is 2.28. The van der Waals surface area contributed by atoms with E-state index in [-0.39, 0.29) is 5.91 Å². The first-order valence-electron chi connectivity index (χ1n) is 6.72. The van der Waals surface area contributed by atoms with Gasteiger partial charge in [0.25, 0.3) is 0 Å². The number of aliphatic hydroxyl groups excluding tert-OH is 1. The largest absolute Gasteiger partial charge is 0.391 e. The molecule has 1 aromatic rings. The summed E-state index contributed by atoms with van der Waals surface area (Å²) in [4.78, 5) is 14.2. The number of nitrogens with one attached hydrogen (secondary N) is 1. The molecular weight excluding hydrogens is 240 g/mol. The lowest BCUT2D eigenvalue weighted by molar-refractivity contribution is -0.122. The minimum absolute atomic E-state index is 0.0531. The van der Waals surface area contributed by atoms with Gasteiger partial charge in [-0.3, -0.25) is 4.79 Å². The van der Waals surface area contributed by atoms with E-state index in [9.17, 15) is 9.90 Å². The van der Waals surface area contributed by atoms with E-state index in [0.717, 1.165) is 18.7 Å². The van der Waals surface area contributed by atoms with Crippen molar-refractivity contribution in [3.05, 3.63) is 29.8 Å². The summed E-state index contributed by atoms with van der Waals surface area (Å²) in [6.07, 6.45) is 0.408. The molecule has 0 aromatic heterocycles. The normalized spacial score (nSPS) is 16.1. The standard InChI is InChI=1S/C15H22N2O2/c1-11(18)15(2,3)16-14(19)10-17-9-8-12-6-4-5-7-13(12)17/h4-7,11,18H,8-10H2,1-3H3,(H,16,19). The van der Waals surface area contributed by atoms with Crippen LogP contribution in [0.4, 0.5) is 5.69 Å². The maximum absolute atomic E-state index is 12.1. The molecule has 19 heavy (non-hydrogen) atoms. The Hall–Kier alpha value is -1.55. The van der Waals surface area contributed by atoms with Crippen molar-refractivity contribution < 1.29 is 9.90 Å². The summed E-state index contributed by atoms with van der Waals surface area (Å²) in [5.74, 6) is -0.0531. The van der Waals surface area contributed by atoms with Gasteiger partial charge in [-0.05, 0) is 38.8 Å². The van der Waals surface area contributed by atoms with Crippen LogP contribution >= 0.6 is 0 Å². The van der Waals surface area contributed by atoms with Gasteiger partial charge in [0.1, 0.15) is 0 Å². The van der Waals surface area contributed by atoms with Crippen molar-refractivity contribution in [3.63, 3.8) is 0 Å². The van der Waals surface area contributed by atoms with Crippen LogP contribution in [0.2, 0.25) is 0 Å². The second kappa shape index (κ2) is 5.21. The van der Waals surface area contributed by atoms with Crippen LogP contribution in [0, 0.1) is 0 Å². The minimum atomic E-state index is -0.601. The zero-order chi connectivity index (χ0) is 14.0. The number of aliphatic hydroxyl groups is 1. The van der Waals surface area contributed by atoms with Gasteiger partial charge < -0.3 is 15.3 Å². The van der Waals surface area contributed by atoms with Crippen LogP contribution in [-0.2, 0) is 11.2 Å². The van der Waals surface area contributed by atoms with Gasteiger partial charge in [0.05, 0.1) is 18.2 Å². The van der Waals surface area contributed by atoms with Gasteiger partial charge in [-0.1, -0.05) is 18.2 Å². The van der Waals surface area contributed by atoms with Crippen LogP contribution in [0.1, 0.15) is 26.3 Å². The van der Waals surface area contributed by atoms with E-state index in [1.807, 2.05) is 26.0 Å². The molecular formula is C15H22N2O2. The zero-order valence-electron chi connectivity index (χ0n) is 11.8. The molecule has 1 atom stereocenters. The summed E-state index contributed by atoms with van der Waals surface area (Å²) >= 11 is 0. The molecule has 4 nitrogen and oxygen atoms in total. The summed E-state index contributed by atoms with van der Waals surface area (Å²) < 4.78 is 0. The Morgan fingerprint density at radius 3 is 2.84 bits per heavy atom. The van der Waals surface area contributed by atoms with E-state index in [1.54, 1.807) is 6.92 Å². The summed E-state index contributed by atoms with van der Waals surface area (Å²) in [6, 6.07) is 8.18. The molecule has 0 spiro atoms. The lowest BCUT2D eigenvalue weighted by Gasteiger charge is -2.30. The molecule has 104 valence electrons. The van der Waals surface area contributed by atoms with Gasteiger partial charge in [0.2, 0.25) is 5.91 Å². The van der Waals surface area contributed by atoms with Gasteiger partial charge in [0.15, 0.2) is 0 Å². The highest BCUT2D eigenvalue weighted by atomic mass is 16.3. The Balaban J connectivity index is 1.98. The third-order valence-electron chi connectivity index (χ3n) is 3.82.